The smallest absolute Gasteiger partial charge is 0.236 e. The molecule has 2 heterocycles. The van der Waals surface area contributed by atoms with Gasteiger partial charge in [-0.1, -0.05) is 47.0 Å². The van der Waals surface area contributed by atoms with E-state index in [2.05, 4.69) is 25.8 Å². The van der Waals surface area contributed by atoms with E-state index in [1.54, 1.807) is 18.2 Å². The summed E-state index contributed by atoms with van der Waals surface area (Å²) in [4.78, 5) is 28.0. The van der Waals surface area contributed by atoms with Crippen molar-refractivity contribution in [2.45, 2.75) is 21.4 Å². The van der Waals surface area contributed by atoms with E-state index in [1.165, 1.54) is 65.3 Å². The van der Waals surface area contributed by atoms with Crippen LogP contribution in [0, 0.1) is 5.82 Å². The summed E-state index contributed by atoms with van der Waals surface area (Å²) < 4.78 is 15.4. The molecule has 0 atom stereocenters. The zero-order valence-corrected chi connectivity index (χ0v) is 19.9. The highest BCUT2D eigenvalue weighted by molar-refractivity contribution is 8.01. The number of hydrogen-bond acceptors (Lipinski definition) is 9. The van der Waals surface area contributed by atoms with Gasteiger partial charge in [0.1, 0.15) is 5.82 Å². The molecule has 164 valence electrons. The zero-order valence-electron chi connectivity index (χ0n) is 16.6. The van der Waals surface area contributed by atoms with E-state index in [0.717, 1.165) is 24.5 Å². The number of anilines is 2. The van der Waals surface area contributed by atoms with Crippen LogP contribution in [0.4, 0.5) is 15.2 Å². The monoisotopic (exact) mass is 505 g/mol. The molecule has 12 heteroatoms. The van der Waals surface area contributed by atoms with Crippen molar-refractivity contribution in [3.8, 4) is 0 Å². The molecular weight excluding hydrogens is 490 g/mol. The Balaban J connectivity index is 1.27. The van der Waals surface area contributed by atoms with Gasteiger partial charge < -0.3 is 5.32 Å². The molecule has 0 fully saturated rings. The van der Waals surface area contributed by atoms with Gasteiger partial charge >= 0.3 is 0 Å². The van der Waals surface area contributed by atoms with Crippen molar-refractivity contribution >= 4 is 79.0 Å². The lowest BCUT2D eigenvalue weighted by atomic mass is 10.2. The molecule has 2 amide bonds. The predicted octanol–water partition coefficient (Wildman–Crippen LogP) is 5.27. The van der Waals surface area contributed by atoms with Gasteiger partial charge in [0.15, 0.2) is 8.68 Å². The highest BCUT2D eigenvalue weighted by Crippen LogP contribution is 2.32. The number of halogens is 1. The van der Waals surface area contributed by atoms with Crippen LogP contribution in [0.15, 0.2) is 51.1 Å². The molecule has 2 N–H and O–H groups in total. The third kappa shape index (κ3) is 6.25. The van der Waals surface area contributed by atoms with Gasteiger partial charge in [-0.2, -0.15) is 0 Å². The molecule has 0 radical (unpaired) electrons. The maximum Gasteiger partial charge on any atom is 0.236 e. The number of nitrogens with zero attached hydrogens (tertiary/aromatic N) is 3. The van der Waals surface area contributed by atoms with Crippen molar-refractivity contribution in [3.05, 3.63) is 53.8 Å². The first-order chi connectivity index (χ1) is 15.4. The number of fused-ring (bicyclic) bond motifs is 1. The Morgan fingerprint density at radius 1 is 1.00 bits per heavy atom. The minimum Gasteiger partial charge on any atom is -0.326 e. The zero-order chi connectivity index (χ0) is 22.5. The largest absolute Gasteiger partial charge is 0.326 e. The molecule has 0 unspecified atom stereocenters. The fraction of sp³-hybridized carbons (Fsp3) is 0.150. The third-order valence-electron chi connectivity index (χ3n) is 3.94. The van der Waals surface area contributed by atoms with Gasteiger partial charge in [-0.3, -0.25) is 14.9 Å². The SMILES string of the molecule is CC(=O)Nc1ccc2nc(SCC(=O)Nc3nnc(SCc4ccc(F)cc4)s3)sc2c1. The summed E-state index contributed by atoms with van der Waals surface area (Å²) in [5.41, 5.74) is 2.51. The molecule has 0 saturated heterocycles. The molecular formula is C20H16FN5O2S4. The number of aromatic nitrogens is 3. The highest BCUT2D eigenvalue weighted by atomic mass is 32.2. The lowest BCUT2D eigenvalue weighted by Gasteiger charge is -1.99. The Morgan fingerprint density at radius 2 is 1.81 bits per heavy atom. The van der Waals surface area contributed by atoms with Crippen molar-refractivity contribution in [2.75, 3.05) is 16.4 Å². The van der Waals surface area contributed by atoms with Crippen molar-refractivity contribution in [1.29, 1.82) is 0 Å². The molecule has 4 aromatic rings. The van der Waals surface area contributed by atoms with E-state index in [0.29, 0.717) is 16.6 Å². The summed E-state index contributed by atoms with van der Waals surface area (Å²) in [5.74, 6) is 0.238. The topological polar surface area (TPSA) is 96.9 Å². The van der Waals surface area contributed by atoms with Crippen LogP contribution in [0.2, 0.25) is 0 Å². The second-order valence-corrected chi connectivity index (χ2v) is 10.9. The average molecular weight is 506 g/mol. The summed E-state index contributed by atoms with van der Waals surface area (Å²) in [7, 11) is 0. The molecule has 0 bridgehead atoms. The van der Waals surface area contributed by atoms with Crippen molar-refractivity contribution < 1.29 is 14.0 Å². The van der Waals surface area contributed by atoms with Gasteiger partial charge in [0.2, 0.25) is 16.9 Å². The first-order valence-corrected chi connectivity index (χ1v) is 12.9. The third-order valence-corrected chi connectivity index (χ3v) is 8.15. The van der Waals surface area contributed by atoms with E-state index in [4.69, 9.17) is 0 Å². The summed E-state index contributed by atoms with van der Waals surface area (Å²) in [6.07, 6.45) is 0. The molecule has 0 aliphatic carbocycles. The molecule has 4 rings (SSSR count). The summed E-state index contributed by atoms with van der Waals surface area (Å²) in [6.45, 7) is 1.46. The van der Waals surface area contributed by atoms with Crippen molar-refractivity contribution in [2.24, 2.45) is 0 Å². The van der Waals surface area contributed by atoms with E-state index in [-0.39, 0.29) is 23.4 Å². The van der Waals surface area contributed by atoms with Gasteiger partial charge in [-0.05, 0) is 35.9 Å². The van der Waals surface area contributed by atoms with Gasteiger partial charge in [-0.15, -0.1) is 21.5 Å². The lowest BCUT2D eigenvalue weighted by Crippen LogP contribution is -2.13. The van der Waals surface area contributed by atoms with E-state index in [1.807, 2.05) is 12.1 Å². The van der Waals surface area contributed by atoms with E-state index >= 15 is 0 Å². The van der Waals surface area contributed by atoms with Crippen LogP contribution in [0.25, 0.3) is 10.2 Å². The first kappa shape index (κ1) is 22.6. The second kappa shape index (κ2) is 10.4. The average Bonchev–Trinajstić information content (AvgIpc) is 3.37. The molecule has 7 nitrogen and oxygen atoms in total. The van der Waals surface area contributed by atoms with Crippen LogP contribution in [-0.4, -0.2) is 32.7 Å². The quantitative estimate of drug-likeness (QED) is 0.249. The first-order valence-electron chi connectivity index (χ1n) is 9.26. The number of carbonyl (C=O) groups excluding carboxylic acids is 2. The number of benzene rings is 2. The van der Waals surface area contributed by atoms with Crippen LogP contribution >= 0.6 is 46.2 Å². The van der Waals surface area contributed by atoms with Crippen molar-refractivity contribution in [3.63, 3.8) is 0 Å². The van der Waals surface area contributed by atoms with Gasteiger partial charge in [0.05, 0.1) is 16.0 Å². The molecule has 0 aliphatic heterocycles. The Kier molecular flexibility index (Phi) is 7.35. The minimum atomic E-state index is -0.266. The van der Waals surface area contributed by atoms with Gasteiger partial charge in [-0.25, -0.2) is 9.37 Å². The molecule has 32 heavy (non-hydrogen) atoms. The van der Waals surface area contributed by atoms with E-state index in [9.17, 15) is 14.0 Å². The fourth-order valence-electron chi connectivity index (χ4n) is 2.57. The molecule has 0 aliphatic rings. The number of thioether (sulfide) groups is 2. The van der Waals surface area contributed by atoms with Crippen LogP contribution in [0.1, 0.15) is 12.5 Å². The molecule has 2 aromatic heterocycles. The highest BCUT2D eigenvalue weighted by Gasteiger charge is 2.12. The van der Waals surface area contributed by atoms with E-state index < -0.39 is 0 Å². The van der Waals surface area contributed by atoms with Crippen molar-refractivity contribution in [1.82, 2.24) is 15.2 Å². The Hall–Kier alpha value is -2.54. The number of thiazole rings is 1. The maximum absolute atomic E-state index is 13.0. The molecule has 0 saturated carbocycles. The molecule has 0 spiro atoms. The van der Waals surface area contributed by atoms with Gasteiger partial charge in [0, 0.05) is 18.4 Å². The Bertz CT molecular complexity index is 1260. The maximum atomic E-state index is 13.0. The number of amides is 2. The summed E-state index contributed by atoms with van der Waals surface area (Å²) in [6, 6.07) is 11.8. The number of nitrogens with one attached hydrogen (secondary N) is 2. The Morgan fingerprint density at radius 3 is 2.59 bits per heavy atom. The summed E-state index contributed by atoms with van der Waals surface area (Å²) >= 11 is 5.57. The Labute approximate surface area is 199 Å². The van der Waals surface area contributed by atoms with Crippen LogP contribution in [-0.2, 0) is 15.3 Å². The number of carbonyl (C=O) groups is 2. The minimum absolute atomic E-state index is 0.131. The summed E-state index contributed by atoms with van der Waals surface area (Å²) in [5, 5.41) is 14.0. The number of hydrogen-bond donors (Lipinski definition) is 2. The fourth-order valence-corrected chi connectivity index (χ4v) is 6.20. The van der Waals surface area contributed by atoms with Crippen LogP contribution in [0.3, 0.4) is 0 Å². The predicted molar refractivity (Wildman–Crippen MR) is 129 cm³/mol. The number of rotatable bonds is 8. The lowest BCUT2D eigenvalue weighted by molar-refractivity contribution is -0.114. The second-order valence-electron chi connectivity index (χ2n) is 6.47. The van der Waals surface area contributed by atoms with Crippen LogP contribution in [0.5, 0.6) is 0 Å². The standard InChI is InChI=1S/C20H16FN5O2S4/c1-11(27)22-14-6-7-15-16(8-14)31-19(23-15)30-10-17(28)24-18-25-26-20(32-18)29-9-12-2-4-13(21)5-3-12/h2-8H,9-10H2,1H3,(H,22,27)(H,24,25,28). The van der Waals surface area contributed by atoms with Crippen LogP contribution < -0.4 is 10.6 Å². The molecule has 2 aromatic carbocycles. The van der Waals surface area contributed by atoms with Gasteiger partial charge in [0.25, 0.3) is 0 Å². The normalized spacial score (nSPS) is 10.9.